The summed E-state index contributed by atoms with van der Waals surface area (Å²) in [5.41, 5.74) is 0. The molecule has 0 fully saturated rings. The molecule has 42 heavy (non-hydrogen) atoms. The molecule has 4 heteroatoms. The number of unbranched alkanes of at least 4 members (excludes halogenated alkanes) is 14. The minimum atomic E-state index is -0.710. The van der Waals surface area contributed by atoms with Gasteiger partial charge in [0.1, 0.15) is 6.10 Å². The van der Waals surface area contributed by atoms with Crippen molar-refractivity contribution in [3.63, 3.8) is 0 Å². The predicted molar refractivity (Wildman–Crippen MR) is 181 cm³/mol. The Morgan fingerprint density at radius 1 is 0.548 bits per heavy atom. The monoisotopic (exact) mass is 586 g/mol. The number of rotatable bonds is 31. The van der Waals surface area contributed by atoms with Crippen LogP contribution in [0.15, 0.2) is 48.6 Å². The number of hydrogen-bond donors (Lipinski definition) is 1. The van der Waals surface area contributed by atoms with Crippen LogP contribution in [0.1, 0.15) is 174 Å². The molecule has 0 heterocycles. The number of aliphatic carboxylic acids is 1. The van der Waals surface area contributed by atoms with Gasteiger partial charge in [-0.15, -0.1) is 0 Å². The number of carbonyl (C=O) groups is 2. The Balaban J connectivity index is 4.19. The van der Waals surface area contributed by atoms with Gasteiger partial charge >= 0.3 is 11.9 Å². The number of carboxylic acids is 1. The Kier molecular flexibility index (Phi) is 31.7. The third-order valence-corrected chi connectivity index (χ3v) is 7.53. The van der Waals surface area contributed by atoms with Gasteiger partial charge in [-0.3, -0.25) is 9.59 Å². The van der Waals surface area contributed by atoms with Crippen molar-refractivity contribution in [1.82, 2.24) is 0 Å². The lowest BCUT2D eigenvalue weighted by molar-refractivity contribution is -0.150. The second-order valence-corrected chi connectivity index (χ2v) is 11.7. The fraction of sp³-hybridized carbons (Fsp3) is 0.737. The molecule has 0 aromatic heterocycles. The average molecular weight is 587 g/mol. The molecule has 0 spiro atoms. The lowest BCUT2D eigenvalue weighted by Crippen LogP contribution is -2.18. The Labute approximate surface area is 260 Å². The average Bonchev–Trinajstić information content (AvgIpc) is 2.97. The number of esters is 1. The summed E-state index contributed by atoms with van der Waals surface area (Å²) in [6, 6.07) is 0. The molecule has 1 N–H and O–H groups in total. The second-order valence-electron chi connectivity index (χ2n) is 11.7. The third kappa shape index (κ3) is 32.4. The first-order valence-corrected chi connectivity index (χ1v) is 17.6. The summed E-state index contributed by atoms with van der Waals surface area (Å²) in [7, 11) is 0. The van der Waals surface area contributed by atoms with Crippen molar-refractivity contribution >= 4 is 11.9 Å². The number of hydrogen-bond acceptors (Lipinski definition) is 3. The number of ether oxygens (including phenoxy) is 1. The molecular weight excluding hydrogens is 520 g/mol. The lowest BCUT2D eigenvalue weighted by atomic mass is 10.0. The van der Waals surface area contributed by atoms with E-state index in [4.69, 9.17) is 9.84 Å². The van der Waals surface area contributed by atoms with Crippen LogP contribution in [0.4, 0.5) is 0 Å². The summed E-state index contributed by atoms with van der Waals surface area (Å²) >= 11 is 0. The molecule has 0 amide bonds. The topological polar surface area (TPSA) is 63.6 Å². The summed E-state index contributed by atoms with van der Waals surface area (Å²) < 4.78 is 5.94. The third-order valence-electron chi connectivity index (χ3n) is 7.53. The van der Waals surface area contributed by atoms with Gasteiger partial charge in [0.05, 0.1) is 0 Å². The van der Waals surface area contributed by atoms with Crippen LogP contribution in [0.5, 0.6) is 0 Å². The Bertz CT molecular complexity index is 719. The van der Waals surface area contributed by atoms with E-state index in [0.29, 0.717) is 6.42 Å². The maximum Gasteiger partial charge on any atom is 0.306 e. The zero-order valence-corrected chi connectivity index (χ0v) is 27.5. The molecule has 0 aromatic rings. The highest BCUT2D eigenvalue weighted by atomic mass is 16.5. The minimum absolute atomic E-state index is 0.0111. The molecule has 0 rings (SSSR count). The van der Waals surface area contributed by atoms with Crippen LogP contribution < -0.4 is 0 Å². The summed E-state index contributed by atoms with van der Waals surface area (Å²) in [5, 5.41) is 8.79. The molecule has 0 aliphatic heterocycles. The maximum absolute atomic E-state index is 12.6. The zero-order chi connectivity index (χ0) is 30.8. The van der Waals surface area contributed by atoms with Crippen LogP contribution in [0, 0.1) is 0 Å². The van der Waals surface area contributed by atoms with Crippen molar-refractivity contribution in [3.05, 3.63) is 48.6 Å². The molecule has 1 atom stereocenters. The molecular formula is C38H66O4. The maximum atomic E-state index is 12.6. The molecule has 0 aliphatic rings. The fourth-order valence-electron chi connectivity index (χ4n) is 4.96. The molecule has 4 nitrogen and oxygen atoms in total. The number of carbonyl (C=O) groups excluding carboxylic acids is 1. The van der Waals surface area contributed by atoms with E-state index < -0.39 is 5.97 Å². The molecule has 1 unspecified atom stereocenters. The van der Waals surface area contributed by atoms with E-state index in [9.17, 15) is 9.59 Å². The van der Waals surface area contributed by atoms with Crippen molar-refractivity contribution in [2.24, 2.45) is 0 Å². The van der Waals surface area contributed by atoms with Gasteiger partial charge in [-0.1, -0.05) is 120 Å². The number of allylic oxidation sites excluding steroid dienone is 8. The Morgan fingerprint density at radius 3 is 1.69 bits per heavy atom. The summed E-state index contributed by atoms with van der Waals surface area (Å²) in [4.78, 5) is 23.3. The molecule has 0 aliphatic carbocycles. The van der Waals surface area contributed by atoms with E-state index in [2.05, 4.69) is 62.5 Å². The molecule has 0 saturated heterocycles. The van der Waals surface area contributed by atoms with Gasteiger partial charge in [-0.25, -0.2) is 0 Å². The predicted octanol–water partition coefficient (Wildman–Crippen LogP) is 12.0. The van der Waals surface area contributed by atoms with Crippen molar-refractivity contribution in [3.8, 4) is 0 Å². The largest absolute Gasteiger partial charge is 0.481 e. The van der Waals surface area contributed by atoms with E-state index in [1.165, 1.54) is 44.9 Å². The van der Waals surface area contributed by atoms with E-state index >= 15 is 0 Å². The molecule has 0 bridgehead atoms. The van der Waals surface area contributed by atoms with Gasteiger partial charge < -0.3 is 9.84 Å². The highest BCUT2D eigenvalue weighted by molar-refractivity contribution is 5.69. The normalized spacial score (nSPS) is 12.8. The van der Waals surface area contributed by atoms with Crippen LogP contribution in [0.2, 0.25) is 0 Å². The minimum Gasteiger partial charge on any atom is -0.481 e. The summed E-state index contributed by atoms with van der Waals surface area (Å²) in [6.07, 6.45) is 44.0. The highest BCUT2D eigenvalue weighted by Gasteiger charge is 2.14. The van der Waals surface area contributed by atoms with Crippen LogP contribution in [-0.2, 0) is 14.3 Å². The standard InChI is InChI=1S/C38H66O4/c1-3-5-7-9-11-13-15-16-18-20-22-27-31-35-38(41)42-36(33-29-25-23-26-30-34-37(39)40)32-28-24-21-19-17-14-12-10-8-6-4-2/h5,7,11,13,16,18-19,21,36H,3-4,6,8-10,12,14-15,17,20,22-35H2,1-2H3,(H,39,40)/b7-5-,13-11-,18-16-,21-19-. The quantitative estimate of drug-likeness (QED) is 0.0498. The molecule has 0 saturated carbocycles. The van der Waals surface area contributed by atoms with Crippen LogP contribution >= 0.6 is 0 Å². The fourth-order valence-corrected chi connectivity index (χ4v) is 4.96. The van der Waals surface area contributed by atoms with Gasteiger partial charge in [0.2, 0.25) is 0 Å². The zero-order valence-electron chi connectivity index (χ0n) is 27.5. The molecule has 0 radical (unpaired) electrons. The van der Waals surface area contributed by atoms with E-state index in [1.54, 1.807) is 0 Å². The van der Waals surface area contributed by atoms with Gasteiger partial charge in [-0.2, -0.15) is 0 Å². The Morgan fingerprint density at radius 2 is 1.02 bits per heavy atom. The lowest BCUT2D eigenvalue weighted by Gasteiger charge is -2.18. The van der Waals surface area contributed by atoms with Gasteiger partial charge in [0.15, 0.2) is 0 Å². The van der Waals surface area contributed by atoms with Crippen molar-refractivity contribution in [1.29, 1.82) is 0 Å². The summed E-state index contributed by atoms with van der Waals surface area (Å²) in [5.74, 6) is -0.753. The van der Waals surface area contributed by atoms with Gasteiger partial charge in [-0.05, 0) is 89.9 Å². The second kappa shape index (κ2) is 33.4. The van der Waals surface area contributed by atoms with Crippen LogP contribution in [0.3, 0.4) is 0 Å². The first-order chi connectivity index (χ1) is 20.6. The van der Waals surface area contributed by atoms with Crippen molar-refractivity contribution < 1.29 is 19.4 Å². The first-order valence-electron chi connectivity index (χ1n) is 17.6. The van der Waals surface area contributed by atoms with E-state index in [-0.39, 0.29) is 18.5 Å². The van der Waals surface area contributed by atoms with Gasteiger partial charge in [0, 0.05) is 12.8 Å². The highest BCUT2D eigenvalue weighted by Crippen LogP contribution is 2.17. The summed E-state index contributed by atoms with van der Waals surface area (Å²) in [6.45, 7) is 4.41. The molecule has 0 aromatic carbocycles. The van der Waals surface area contributed by atoms with Crippen LogP contribution in [-0.4, -0.2) is 23.1 Å². The Hall–Kier alpha value is -2.10. The van der Waals surface area contributed by atoms with Crippen LogP contribution in [0.25, 0.3) is 0 Å². The van der Waals surface area contributed by atoms with Gasteiger partial charge in [0.25, 0.3) is 0 Å². The number of carboxylic acid groups (broad SMARTS) is 1. The molecule has 242 valence electrons. The SMILES string of the molecule is CC/C=C\C/C=C\C/C=C\CCCCCC(=O)OC(CCC/C=C\CCCCCCCC)CCCCCCCC(=O)O. The first kappa shape index (κ1) is 39.9. The van der Waals surface area contributed by atoms with Crippen molar-refractivity contribution in [2.75, 3.05) is 0 Å². The van der Waals surface area contributed by atoms with E-state index in [1.807, 2.05) is 0 Å². The van der Waals surface area contributed by atoms with Crippen molar-refractivity contribution in [2.45, 2.75) is 180 Å². The smallest absolute Gasteiger partial charge is 0.306 e. The van der Waals surface area contributed by atoms with E-state index in [0.717, 1.165) is 103 Å².